The number of nitrogens with zero attached hydrogens (tertiary/aromatic N) is 3. The van der Waals surface area contributed by atoms with E-state index in [2.05, 4.69) is 27.2 Å². The van der Waals surface area contributed by atoms with E-state index >= 15 is 0 Å². The molecule has 23 heavy (non-hydrogen) atoms. The van der Waals surface area contributed by atoms with E-state index < -0.39 is 0 Å². The predicted octanol–water partition coefficient (Wildman–Crippen LogP) is 1.96. The van der Waals surface area contributed by atoms with Gasteiger partial charge in [0.15, 0.2) is 0 Å². The average molecular weight is 310 g/mol. The first-order valence-electron chi connectivity index (χ1n) is 8.23. The molecule has 120 valence electrons. The Morgan fingerprint density at radius 2 is 1.96 bits per heavy atom. The van der Waals surface area contributed by atoms with Crippen LogP contribution in [0.2, 0.25) is 0 Å². The maximum Gasteiger partial charge on any atom is 0.224 e. The lowest BCUT2D eigenvalue weighted by Gasteiger charge is -2.17. The van der Waals surface area contributed by atoms with E-state index in [1.165, 1.54) is 24.1 Å². The van der Waals surface area contributed by atoms with Crippen LogP contribution in [0.25, 0.3) is 0 Å². The van der Waals surface area contributed by atoms with Crippen LogP contribution in [0.4, 0.5) is 0 Å². The van der Waals surface area contributed by atoms with Crippen LogP contribution in [0.15, 0.2) is 24.5 Å². The van der Waals surface area contributed by atoms with Crippen molar-refractivity contribution in [3.63, 3.8) is 0 Å². The van der Waals surface area contributed by atoms with Crippen molar-refractivity contribution in [2.45, 2.75) is 45.4 Å². The molecule has 1 aliphatic carbocycles. The molecule has 2 aromatic rings. The standard InChI is InChI=1S/C18H22N4O/c1-13-15-4-2-3-5-16(15)22-17(21-13)8-11-20-18(23)12-14-6-9-19-10-7-14/h6-7,9-10H,2-5,8,11-12H2,1H3,(H,20,23). The van der Waals surface area contributed by atoms with E-state index in [0.29, 0.717) is 19.4 Å². The van der Waals surface area contributed by atoms with Crippen LogP contribution >= 0.6 is 0 Å². The summed E-state index contributed by atoms with van der Waals surface area (Å²) in [5.74, 6) is 0.859. The molecule has 2 aromatic heterocycles. The summed E-state index contributed by atoms with van der Waals surface area (Å²) in [6.07, 6.45) is 9.07. The molecule has 0 bridgehead atoms. The molecule has 1 aliphatic rings. The van der Waals surface area contributed by atoms with Crippen molar-refractivity contribution >= 4 is 5.91 Å². The molecule has 0 saturated carbocycles. The van der Waals surface area contributed by atoms with Gasteiger partial charge in [-0.3, -0.25) is 9.78 Å². The summed E-state index contributed by atoms with van der Waals surface area (Å²) in [4.78, 5) is 25.2. The third-order valence-corrected chi connectivity index (χ3v) is 4.22. The molecule has 5 heteroatoms. The predicted molar refractivity (Wildman–Crippen MR) is 88.1 cm³/mol. The molecule has 0 radical (unpaired) electrons. The maximum atomic E-state index is 11.9. The fourth-order valence-electron chi connectivity index (χ4n) is 3.02. The molecule has 0 fully saturated rings. The van der Waals surface area contributed by atoms with Gasteiger partial charge in [0.25, 0.3) is 0 Å². The summed E-state index contributed by atoms with van der Waals surface area (Å²) in [5.41, 5.74) is 4.62. The van der Waals surface area contributed by atoms with Crippen LogP contribution in [0.3, 0.4) is 0 Å². The summed E-state index contributed by atoms with van der Waals surface area (Å²) in [6, 6.07) is 3.71. The number of aromatic nitrogens is 3. The number of rotatable bonds is 5. The van der Waals surface area contributed by atoms with Crippen LogP contribution in [0, 0.1) is 6.92 Å². The van der Waals surface area contributed by atoms with Gasteiger partial charge in [-0.1, -0.05) is 0 Å². The second-order valence-corrected chi connectivity index (χ2v) is 5.99. The van der Waals surface area contributed by atoms with Gasteiger partial charge >= 0.3 is 0 Å². The minimum absolute atomic E-state index is 0.0193. The Balaban J connectivity index is 1.52. The number of pyridine rings is 1. The third-order valence-electron chi connectivity index (χ3n) is 4.22. The van der Waals surface area contributed by atoms with E-state index in [1.54, 1.807) is 12.4 Å². The Labute approximate surface area is 136 Å². The molecule has 2 heterocycles. The van der Waals surface area contributed by atoms with Crippen LogP contribution in [0.1, 0.15) is 41.2 Å². The smallest absolute Gasteiger partial charge is 0.224 e. The Hall–Kier alpha value is -2.30. The van der Waals surface area contributed by atoms with Gasteiger partial charge in [0.1, 0.15) is 5.82 Å². The van der Waals surface area contributed by atoms with Crippen molar-refractivity contribution in [1.29, 1.82) is 0 Å². The molecule has 0 saturated heterocycles. The van der Waals surface area contributed by atoms with Crippen molar-refractivity contribution < 1.29 is 4.79 Å². The number of hydrogen-bond acceptors (Lipinski definition) is 4. The molecule has 1 amide bonds. The number of hydrogen-bond donors (Lipinski definition) is 1. The number of amides is 1. The fraction of sp³-hybridized carbons (Fsp3) is 0.444. The molecule has 0 unspecified atom stereocenters. The van der Waals surface area contributed by atoms with Crippen LogP contribution in [0.5, 0.6) is 0 Å². The normalized spacial score (nSPS) is 13.4. The second kappa shape index (κ2) is 7.31. The minimum atomic E-state index is 0.0193. The van der Waals surface area contributed by atoms with Gasteiger partial charge in [0.2, 0.25) is 5.91 Å². The Morgan fingerprint density at radius 3 is 2.78 bits per heavy atom. The highest BCUT2D eigenvalue weighted by molar-refractivity contribution is 5.78. The molecule has 3 rings (SSSR count). The lowest BCUT2D eigenvalue weighted by atomic mass is 9.95. The lowest BCUT2D eigenvalue weighted by Crippen LogP contribution is -2.28. The lowest BCUT2D eigenvalue weighted by molar-refractivity contribution is -0.120. The molecule has 0 aromatic carbocycles. The van der Waals surface area contributed by atoms with Crippen LogP contribution in [-0.2, 0) is 30.5 Å². The Kier molecular flexibility index (Phi) is 4.95. The van der Waals surface area contributed by atoms with E-state index in [9.17, 15) is 4.79 Å². The third kappa shape index (κ3) is 4.12. The van der Waals surface area contributed by atoms with Crippen LogP contribution < -0.4 is 5.32 Å². The summed E-state index contributed by atoms with van der Waals surface area (Å²) >= 11 is 0. The summed E-state index contributed by atoms with van der Waals surface area (Å²) in [7, 11) is 0. The van der Waals surface area contributed by atoms with E-state index in [-0.39, 0.29) is 5.91 Å². The number of aryl methyl sites for hydroxylation is 2. The fourth-order valence-corrected chi connectivity index (χ4v) is 3.02. The van der Waals surface area contributed by atoms with Crippen molar-refractivity contribution in [2.75, 3.05) is 6.54 Å². The van der Waals surface area contributed by atoms with E-state index in [1.807, 2.05) is 12.1 Å². The average Bonchev–Trinajstić information content (AvgIpc) is 2.56. The number of fused-ring (bicyclic) bond motifs is 1. The van der Waals surface area contributed by atoms with E-state index in [4.69, 9.17) is 0 Å². The molecule has 0 atom stereocenters. The first-order chi connectivity index (χ1) is 11.2. The highest BCUT2D eigenvalue weighted by atomic mass is 16.1. The number of carbonyl (C=O) groups excluding carboxylic acids is 1. The zero-order valence-electron chi connectivity index (χ0n) is 13.5. The second-order valence-electron chi connectivity index (χ2n) is 5.99. The highest BCUT2D eigenvalue weighted by Gasteiger charge is 2.15. The van der Waals surface area contributed by atoms with Gasteiger partial charge in [-0.25, -0.2) is 9.97 Å². The monoisotopic (exact) mass is 310 g/mol. The summed E-state index contributed by atoms with van der Waals surface area (Å²) < 4.78 is 0. The van der Waals surface area contributed by atoms with Gasteiger partial charge in [-0.2, -0.15) is 0 Å². The first kappa shape index (κ1) is 15.6. The zero-order valence-corrected chi connectivity index (χ0v) is 13.5. The molecule has 0 spiro atoms. The van der Waals surface area contributed by atoms with Crippen molar-refractivity contribution in [1.82, 2.24) is 20.3 Å². The summed E-state index contributed by atoms with van der Waals surface area (Å²) in [6.45, 7) is 2.64. The van der Waals surface area contributed by atoms with E-state index in [0.717, 1.165) is 29.9 Å². The zero-order chi connectivity index (χ0) is 16.1. The van der Waals surface area contributed by atoms with Crippen molar-refractivity contribution in [2.24, 2.45) is 0 Å². The molecular weight excluding hydrogens is 288 g/mol. The molecule has 5 nitrogen and oxygen atoms in total. The summed E-state index contributed by atoms with van der Waals surface area (Å²) in [5, 5.41) is 2.94. The van der Waals surface area contributed by atoms with Crippen molar-refractivity contribution in [3.05, 3.63) is 52.9 Å². The van der Waals surface area contributed by atoms with Gasteiger partial charge in [-0.05, 0) is 55.9 Å². The topological polar surface area (TPSA) is 67.8 Å². The van der Waals surface area contributed by atoms with Gasteiger partial charge in [0, 0.05) is 36.7 Å². The van der Waals surface area contributed by atoms with Gasteiger partial charge in [-0.15, -0.1) is 0 Å². The van der Waals surface area contributed by atoms with Crippen LogP contribution in [-0.4, -0.2) is 27.4 Å². The minimum Gasteiger partial charge on any atom is -0.355 e. The quantitative estimate of drug-likeness (QED) is 0.916. The Bertz CT molecular complexity index is 685. The SMILES string of the molecule is Cc1nc(CCNC(=O)Cc2ccncc2)nc2c1CCCC2. The largest absolute Gasteiger partial charge is 0.355 e. The van der Waals surface area contributed by atoms with Gasteiger partial charge in [0.05, 0.1) is 6.42 Å². The first-order valence-corrected chi connectivity index (χ1v) is 8.23. The molecule has 0 aliphatic heterocycles. The highest BCUT2D eigenvalue weighted by Crippen LogP contribution is 2.21. The van der Waals surface area contributed by atoms with Gasteiger partial charge < -0.3 is 5.32 Å². The molecule has 1 N–H and O–H groups in total. The number of nitrogens with one attached hydrogen (secondary N) is 1. The maximum absolute atomic E-state index is 11.9. The van der Waals surface area contributed by atoms with Crippen molar-refractivity contribution in [3.8, 4) is 0 Å². The number of carbonyl (C=O) groups is 1. The Morgan fingerprint density at radius 1 is 1.17 bits per heavy atom. The molecular formula is C18H22N4O.